The summed E-state index contributed by atoms with van der Waals surface area (Å²) in [7, 11) is 0. The maximum Gasteiger partial charge on any atom is 0.280 e. The van der Waals surface area contributed by atoms with E-state index < -0.39 is 0 Å². The zero-order valence-corrected chi connectivity index (χ0v) is 10.0. The molecular formula is C10H9N3OS2. The molecule has 1 aliphatic rings. The maximum absolute atomic E-state index is 12.1. The minimum Gasteiger partial charge on any atom is -0.285 e. The van der Waals surface area contributed by atoms with Crippen molar-refractivity contribution in [3.63, 3.8) is 0 Å². The summed E-state index contributed by atoms with van der Waals surface area (Å²) >= 11 is 5.87. The Morgan fingerprint density at radius 2 is 2.50 bits per heavy atom. The number of aromatic nitrogens is 3. The SMILES string of the molecule is O=c1c2ncccc2nc2n1C[C@H](CS)S2. The summed E-state index contributed by atoms with van der Waals surface area (Å²) in [5.74, 6) is 0.747. The highest BCUT2D eigenvalue weighted by molar-refractivity contribution is 8.00. The van der Waals surface area contributed by atoms with Crippen molar-refractivity contribution in [2.45, 2.75) is 17.0 Å². The van der Waals surface area contributed by atoms with Crippen LogP contribution in [0.2, 0.25) is 0 Å². The molecule has 0 fully saturated rings. The van der Waals surface area contributed by atoms with Gasteiger partial charge in [-0.25, -0.2) is 9.97 Å². The molecule has 0 saturated heterocycles. The van der Waals surface area contributed by atoms with Gasteiger partial charge in [0.05, 0.1) is 5.52 Å². The van der Waals surface area contributed by atoms with E-state index >= 15 is 0 Å². The number of hydrogen-bond donors (Lipinski definition) is 1. The van der Waals surface area contributed by atoms with Gasteiger partial charge in [0.1, 0.15) is 0 Å². The summed E-state index contributed by atoms with van der Waals surface area (Å²) in [6.07, 6.45) is 1.62. The molecular weight excluding hydrogens is 242 g/mol. The van der Waals surface area contributed by atoms with Gasteiger partial charge in [0.2, 0.25) is 0 Å². The fourth-order valence-electron chi connectivity index (χ4n) is 1.77. The molecule has 16 heavy (non-hydrogen) atoms. The third kappa shape index (κ3) is 1.44. The molecule has 1 aliphatic heterocycles. The molecule has 0 bridgehead atoms. The minimum atomic E-state index is -0.0441. The Kier molecular flexibility index (Phi) is 2.40. The Balaban J connectivity index is 2.28. The molecule has 82 valence electrons. The quantitative estimate of drug-likeness (QED) is 0.611. The van der Waals surface area contributed by atoms with E-state index in [1.165, 1.54) is 0 Å². The van der Waals surface area contributed by atoms with Crippen LogP contribution >= 0.6 is 24.4 Å². The van der Waals surface area contributed by atoms with Crippen LogP contribution < -0.4 is 5.56 Å². The molecule has 0 amide bonds. The molecule has 4 nitrogen and oxygen atoms in total. The van der Waals surface area contributed by atoms with Crippen LogP contribution in [0.1, 0.15) is 0 Å². The average molecular weight is 251 g/mol. The molecule has 0 aliphatic carbocycles. The molecule has 0 unspecified atom stereocenters. The van der Waals surface area contributed by atoms with E-state index in [2.05, 4.69) is 22.6 Å². The van der Waals surface area contributed by atoms with E-state index in [1.54, 1.807) is 28.6 Å². The molecule has 6 heteroatoms. The number of rotatable bonds is 1. The van der Waals surface area contributed by atoms with Gasteiger partial charge in [0.15, 0.2) is 10.7 Å². The summed E-state index contributed by atoms with van der Waals surface area (Å²) in [6.45, 7) is 0.682. The summed E-state index contributed by atoms with van der Waals surface area (Å²) in [5.41, 5.74) is 1.08. The highest BCUT2D eigenvalue weighted by atomic mass is 32.2. The fourth-order valence-corrected chi connectivity index (χ4v) is 3.14. The van der Waals surface area contributed by atoms with Crippen molar-refractivity contribution in [2.75, 3.05) is 5.75 Å². The lowest BCUT2D eigenvalue weighted by atomic mass is 10.3. The molecule has 3 heterocycles. The standard InChI is InChI=1S/C10H9N3OS2/c14-9-8-7(2-1-3-11-8)12-10-13(9)4-6(5-15)16-10/h1-3,6,15H,4-5H2/t6-/m1/s1. The van der Waals surface area contributed by atoms with Crippen molar-refractivity contribution < 1.29 is 0 Å². The van der Waals surface area contributed by atoms with Crippen LogP contribution in [-0.4, -0.2) is 25.5 Å². The highest BCUT2D eigenvalue weighted by Gasteiger charge is 2.24. The molecule has 0 aromatic carbocycles. The van der Waals surface area contributed by atoms with Crippen molar-refractivity contribution in [1.29, 1.82) is 0 Å². The van der Waals surface area contributed by atoms with E-state index in [0.717, 1.165) is 10.9 Å². The Morgan fingerprint density at radius 1 is 1.62 bits per heavy atom. The number of nitrogens with zero attached hydrogens (tertiary/aromatic N) is 3. The maximum atomic E-state index is 12.1. The first-order valence-electron chi connectivity index (χ1n) is 4.92. The zero-order valence-electron chi connectivity index (χ0n) is 8.33. The van der Waals surface area contributed by atoms with Gasteiger partial charge in [0.25, 0.3) is 5.56 Å². The highest BCUT2D eigenvalue weighted by Crippen LogP contribution is 2.30. The van der Waals surface area contributed by atoms with E-state index in [0.29, 0.717) is 22.8 Å². The summed E-state index contributed by atoms with van der Waals surface area (Å²) in [5, 5.41) is 1.12. The van der Waals surface area contributed by atoms with Crippen LogP contribution in [0, 0.1) is 0 Å². The molecule has 0 radical (unpaired) electrons. The Bertz CT molecular complexity index is 611. The van der Waals surface area contributed by atoms with Crippen LogP contribution in [0.3, 0.4) is 0 Å². The third-order valence-electron chi connectivity index (χ3n) is 2.54. The first-order valence-corrected chi connectivity index (χ1v) is 6.44. The van der Waals surface area contributed by atoms with E-state index in [9.17, 15) is 4.79 Å². The normalized spacial score (nSPS) is 18.9. The third-order valence-corrected chi connectivity index (χ3v) is 4.40. The molecule has 1 atom stereocenters. The van der Waals surface area contributed by atoms with E-state index in [-0.39, 0.29) is 5.56 Å². The van der Waals surface area contributed by atoms with Crippen molar-refractivity contribution in [3.8, 4) is 0 Å². The topological polar surface area (TPSA) is 47.8 Å². The molecule has 3 rings (SSSR count). The Hall–Kier alpha value is -1.01. The van der Waals surface area contributed by atoms with Crippen LogP contribution in [0.25, 0.3) is 11.0 Å². The lowest BCUT2D eigenvalue weighted by molar-refractivity contribution is 0.630. The van der Waals surface area contributed by atoms with Gasteiger partial charge in [-0.3, -0.25) is 9.36 Å². The lowest BCUT2D eigenvalue weighted by Crippen LogP contribution is -2.23. The summed E-state index contributed by atoms with van der Waals surface area (Å²) < 4.78 is 1.70. The van der Waals surface area contributed by atoms with Crippen LogP contribution in [0.15, 0.2) is 28.3 Å². The molecule has 2 aromatic rings. The van der Waals surface area contributed by atoms with Gasteiger partial charge in [-0.1, -0.05) is 11.8 Å². The Morgan fingerprint density at radius 3 is 3.31 bits per heavy atom. The zero-order chi connectivity index (χ0) is 11.1. The lowest BCUT2D eigenvalue weighted by Gasteiger charge is -2.02. The molecule has 2 aromatic heterocycles. The number of pyridine rings is 1. The second kappa shape index (κ2) is 3.78. The van der Waals surface area contributed by atoms with Gasteiger partial charge in [-0.2, -0.15) is 12.6 Å². The van der Waals surface area contributed by atoms with Crippen molar-refractivity contribution >= 4 is 35.4 Å². The second-order valence-electron chi connectivity index (χ2n) is 3.60. The van der Waals surface area contributed by atoms with Crippen LogP contribution in [0.4, 0.5) is 0 Å². The predicted molar refractivity (Wildman–Crippen MR) is 67.3 cm³/mol. The number of thiol groups is 1. The van der Waals surface area contributed by atoms with Crippen LogP contribution in [0.5, 0.6) is 0 Å². The first-order chi connectivity index (χ1) is 7.79. The predicted octanol–water partition coefficient (Wildman–Crippen LogP) is 1.20. The van der Waals surface area contributed by atoms with E-state index in [4.69, 9.17) is 0 Å². The number of thioether (sulfide) groups is 1. The van der Waals surface area contributed by atoms with Gasteiger partial charge < -0.3 is 0 Å². The minimum absolute atomic E-state index is 0.0441. The molecule has 0 N–H and O–H groups in total. The molecule has 0 spiro atoms. The van der Waals surface area contributed by atoms with Gasteiger partial charge >= 0.3 is 0 Å². The summed E-state index contributed by atoms with van der Waals surface area (Å²) in [4.78, 5) is 20.6. The number of fused-ring (bicyclic) bond motifs is 2. The van der Waals surface area contributed by atoms with Gasteiger partial charge in [-0.05, 0) is 12.1 Å². The van der Waals surface area contributed by atoms with Crippen LogP contribution in [-0.2, 0) is 6.54 Å². The van der Waals surface area contributed by atoms with Crippen molar-refractivity contribution in [2.24, 2.45) is 0 Å². The van der Waals surface area contributed by atoms with Crippen molar-refractivity contribution in [3.05, 3.63) is 28.7 Å². The monoisotopic (exact) mass is 251 g/mol. The largest absolute Gasteiger partial charge is 0.285 e. The fraction of sp³-hybridized carbons (Fsp3) is 0.300. The van der Waals surface area contributed by atoms with E-state index in [1.807, 2.05) is 6.07 Å². The van der Waals surface area contributed by atoms with Crippen molar-refractivity contribution in [1.82, 2.24) is 14.5 Å². The number of hydrogen-bond acceptors (Lipinski definition) is 5. The molecule has 0 saturated carbocycles. The van der Waals surface area contributed by atoms with Gasteiger partial charge in [-0.15, -0.1) is 0 Å². The smallest absolute Gasteiger partial charge is 0.280 e. The Labute approximate surface area is 102 Å². The average Bonchev–Trinajstić information content (AvgIpc) is 2.73. The second-order valence-corrected chi connectivity index (χ2v) is 5.24. The first kappa shape index (κ1) is 10.2. The van der Waals surface area contributed by atoms with Gasteiger partial charge in [0, 0.05) is 23.7 Å². The summed E-state index contributed by atoms with van der Waals surface area (Å²) in [6, 6.07) is 3.61.